The summed E-state index contributed by atoms with van der Waals surface area (Å²) >= 11 is 0. The first-order valence-electron chi connectivity index (χ1n) is 25.8. The molecule has 0 saturated heterocycles. The smallest absolute Gasteiger partial charge is 0.0801 e. The highest BCUT2D eigenvalue weighted by molar-refractivity contribution is 6.41. The number of aromatic nitrogens is 2. The number of hydrogen-bond donors (Lipinski definition) is 0. The summed E-state index contributed by atoms with van der Waals surface area (Å²) in [5.74, 6) is 0. The Labute approximate surface area is 427 Å². The van der Waals surface area contributed by atoms with E-state index in [1.54, 1.807) is 0 Å². The van der Waals surface area contributed by atoms with Gasteiger partial charge in [0, 0.05) is 32.3 Å². The van der Waals surface area contributed by atoms with Crippen LogP contribution in [-0.4, -0.2) is 9.97 Å². The molecule has 0 aliphatic heterocycles. The van der Waals surface area contributed by atoms with Crippen LogP contribution in [0.3, 0.4) is 0 Å². The van der Waals surface area contributed by atoms with Crippen molar-refractivity contribution in [2.45, 2.75) is 27.7 Å². The Morgan fingerprint density at radius 1 is 0.216 bits per heavy atom. The Morgan fingerprint density at radius 2 is 0.500 bits per heavy atom. The molecular formula is C72H46N2. The van der Waals surface area contributed by atoms with E-state index in [1.807, 2.05) is 0 Å². The Hall–Kier alpha value is -9.24. The molecule has 0 aliphatic carbocycles. The van der Waals surface area contributed by atoms with Gasteiger partial charge in [-0.2, -0.15) is 0 Å². The third-order valence-electron chi connectivity index (χ3n) is 16.4. The topological polar surface area (TPSA) is 25.8 Å². The Kier molecular flexibility index (Phi) is 8.47. The molecule has 0 amide bonds. The number of benzene rings is 14. The fraction of sp³-hybridized carbons (Fsp3) is 0.0556. The maximum Gasteiger partial charge on any atom is 0.0801 e. The molecule has 0 radical (unpaired) electrons. The summed E-state index contributed by atoms with van der Waals surface area (Å²) < 4.78 is 0. The fourth-order valence-corrected chi connectivity index (χ4v) is 12.8. The van der Waals surface area contributed by atoms with Crippen LogP contribution in [0.5, 0.6) is 0 Å². The molecule has 2 heterocycles. The molecule has 0 atom stereocenters. The Morgan fingerprint density at radius 3 is 0.878 bits per heavy atom. The van der Waals surface area contributed by atoms with E-state index in [-0.39, 0.29) is 0 Å². The number of pyridine rings is 2. The molecule has 2 aromatic heterocycles. The van der Waals surface area contributed by atoms with E-state index in [0.717, 1.165) is 32.8 Å². The van der Waals surface area contributed by atoms with Gasteiger partial charge in [0.15, 0.2) is 0 Å². The van der Waals surface area contributed by atoms with Crippen molar-refractivity contribution in [3.8, 4) is 44.5 Å². The van der Waals surface area contributed by atoms with Gasteiger partial charge in [-0.3, -0.25) is 0 Å². The third-order valence-corrected chi connectivity index (χ3v) is 16.4. The molecule has 14 aromatic carbocycles. The highest BCUT2D eigenvalue weighted by Crippen LogP contribution is 2.51. The van der Waals surface area contributed by atoms with Gasteiger partial charge in [0.2, 0.25) is 0 Å². The van der Waals surface area contributed by atoms with Gasteiger partial charge in [0.25, 0.3) is 0 Å². The van der Waals surface area contributed by atoms with Crippen LogP contribution >= 0.6 is 0 Å². The first-order valence-corrected chi connectivity index (χ1v) is 25.8. The van der Waals surface area contributed by atoms with Crippen molar-refractivity contribution in [3.63, 3.8) is 0 Å². The second-order valence-corrected chi connectivity index (χ2v) is 21.2. The molecule has 0 unspecified atom stereocenters. The van der Waals surface area contributed by atoms with E-state index in [9.17, 15) is 0 Å². The van der Waals surface area contributed by atoms with Gasteiger partial charge >= 0.3 is 0 Å². The normalized spacial score (nSPS) is 12.3. The van der Waals surface area contributed by atoms with E-state index < -0.39 is 0 Å². The lowest BCUT2D eigenvalue weighted by Gasteiger charge is -2.22. The van der Waals surface area contributed by atoms with Crippen LogP contribution in [0.15, 0.2) is 206 Å². The molecule has 0 saturated carbocycles. The molecule has 2 heteroatoms. The molecule has 16 rings (SSSR count). The van der Waals surface area contributed by atoms with Gasteiger partial charge in [-0.15, -0.1) is 0 Å². The van der Waals surface area contributed by atoms with Crippen molar-refractivity contribution in [2.75, 3.05) is 0 Å². The minimum absolute atomic E-state index is 0.987. The van der Waals surface area contributed by atoms with Crippen molar-refractivity contribution >= 4 is 119 Å². The Bertz CT molecular complexity index is 4790. The van der Waals surface area contributed by atoms with Crippen LogP contribution in [0.2, 0.25) is 0 Å². The lowest BCUT2D eigenvalue weighted by molar-refractivity contribution is 1.50. The number of nitrogens with zero attached hydrogens (tertiary/aromatic N) is 2. The average molecular weight is 939 g/mol. The summed E-state index contributed by atoms with van der Waals surface area (Å²) in [7, 11) is 0. The summed E-state index contributed by atoms with van der Waals surface area (Å²) in [6, 6.07) is 78.1. The van der Waals surface area contributed by atoms with Gasteiger partial charge in [-0.25, -0.2) is 9.97 Å². The molecule has 2 nitrogen and oxygen atoms in total. The van der Waals surface area contributed by atoms with Crippen LogP contribution in [-0.2, 0) is 0 Å². The number of hydrogen-bond acceptors (Lipinski definition) is 2. The van der Waals surface area contributed by atoms with Gasteiger partial charge in [-0.05, 0) is 185 Å². The second kappa shape index (κ2) is 15.1. The lowest BCUT2D eigenvalue weighted by Crippen LogP contribution is -1.99. The molecule has 0 spiro atoms. The number of fused-ring (bicyclic) bond motifs is 8. The minimum Gasteiger partial charge on any atom is -0.247 e. The average Bonchev–Trinajstić information content (AvgIpc) is 3.49. The number of aryl methyl sites for hydroxylation is 4. The fourth-order valence-electron chi connectivity index (χ4n) is 12.8. The van der Waals surface area contributed by atoms with E-state index >= 15 is 0 Å². The SMILES string of the molecule is Cc1ccc2cc(-c3ccc4c(c3)c(-c3ccc5cc(C)ccc5c3)c3ccc5nc6c7ccc(-c8ccc9cc(C)ccc9c8)cc7c(-c7ccc8cc(C)ccc8c7)c7ccc8nc4c3c5c8c76)ccc2c1. The number of rotatable bonds is 4. The van der Waals surface area contributed by atoms with Crippen molar-refractivity contribution in [3.05, 3.63) is 229 Å². The van der Waals surface area contributed by atoms with Crippen molar-refractivity contribution in [1.29, 1.82) is 0 Å². The summed E-state index contributed by atoms with van der Waals surface area (Å²) in [5, 5.41) is 21.7. The van der Waals surface area contributed by atoms with Gasteiger partial charge in [0.1, 0.15) is 0 Å². The highest BCUT2D eigenvalue weighted by Gasteiger charge is 2.26. The molecule has 74 heavy (non-hydrogen) atoms. The largest absolute Gasteiger partial charge is 0.247 e. The first-order chi connectivity index (χ1) is 36.2. The zero-order chi connectivity index (χ0) is 49.1. The van der Waals surface area contributed by atoms with E-state index in [0.29, 0.717) is 0 Å². The molecule has 0 bridgehead atoms. The molecule has 0 fully saturated rings. The highest BCUT2D eigenvalue weighted by atomic mass is 14.7. The maximum atomic E-state index is 5.79. The summed E-state index contributed by atoms with van der Waals surface area (Å²) in [6.45, 7) is 8.66. The van der Waals surface area contributed by atoms with Crippen LogP contribution in [0.1, 0.15) is 22.3 Å². The zero-order valence-corrected chi connectivity index (χ0v) is 41.5. The van der Waals surface area contributed by atoms with Gasteiger partial charge in [-0.1, -0.05) is 180 Å². The molecule has 0 aliphatic rings. The van der Waals surface area contributed by atoms with Crippen molar-refractivity contribution < 1.29 is 0 Å². The van der Waals surface area contributed by atoms with E-state index in [2.05, 4.69) is 234 Å². The second-order valence-electron chi connectivity index (χ2n) is 21.2. The monoisotopic (exact) mass is 938 g/mol. The van der Waals surface area contributed by atoms with Crippen molar-refractivity contribution in [2.24, 2.45) is 0 Å². The van der Waals surface area contributed by atoms with E-state index in [4.69, 9.17) is 9.97 Å². The summed E-state index contributed by atoms with van der Waals surface area (Å²) in [4.78, 5) is 11.6. The lowest BCUT2D eigenvalue weighted by atomic mass is 9.83. The standard InChI is InChI=1S/C72H46N2/c1-39-5-9-47-33-51(15-13-43(47)29-39)53-21-23-57-61(37-53)65(55-19-17-45-31-41(3)7-11-49(45)35-55)59-25-27-64-69-67(59)71(57)73-63-28-26-60-66(56-20-18-46-32-42(4)8-12-50(46)36-56)62-38-54(22-24-58(62)72(74-64)68(60)70(63)69)52-16-14-44-30-40(2)6-10-48(44)34-52/h5-38H,1-4H3. The maximum absolute atomic E-state index is 5.79. The van der Waals surface area contributed by atoms with Crippen LogP contribution in [0.4, 0.5) is 0 Å². The van der Waals surface area contributed by atoms with Gasteiger partial charge < -0.3 is 0 Å². The molecular weight excluding hydrogens is 893 g/mol. The van der Waals surface area contributed by atoms with Gasteiger partial charge in [0.05, 0.1) is 22.1 Å². The summed E-state index contributed by atoms with van der Waals surface area (Å²) in [6.07, 6.45) is 0. The summed E-state index contributed by atoms with van der Waals surface area (Å²) in [5.41, 5.74) is 18.7. The first kappa shape index (κ1) is 41.4. The van der Waals surface area contributed by atoms with Crippen LogP contribution < -0.4 is 0 Å². The minimum atomic E-state index is 0.987. The Balaban J connectivity index is 1.01. The predicted octanol–water partition coefficient (Wildman–Crippen LogP) is 19.9. The molecule has 344 valence electrons. The predicted molar refractivity (Wildman–Crippen MR) is 318 cm³/mol. The molecule has 16 aromatic rings. The quantitative estimate of drug-likeness (QED) is 0.130. The van der Waals surface area contributed by atoms with Crippen LogP contribution in [0.25, 0.3) is 164 Å². The van der Waals surface area contributed by atoms with Crippen molar-refractivity contribution in [1.82, 2.24) is 9.97 Å². The molecule has 0 N–H and O–H groups in total. The van der Waals surface area contributed by atoms with Crippen LogP contribution in [0, 0.1) is 27.7 Å². The van der Waals surface area contributed by atoms with E-state index in [1.165, 1.54) is 153 Å². The third kappa shape index (κ3) is 6.06. The zero-order valence-electron chi connectivity index (χ0n) is 41.5.